The Kier molecular flexibility index (Phi) is 4.23. The third kappa shape index (κ3) is 2.88. The molecule has 8 heteroatoms. The second-order valence-corrected chi connectivity index (χ2v) is 9.04. The Morgan fingerprint density at radius 3 is 2.56 bits per heavy atom. The zero-order valence-electron chi connectivity index (χ0n) is 16.9. The first-order valence-corrected chi connectivity index (χ1v) is 11.0. The van der Waals surface area contributed by atoms with Crippen LogP contribution >= 0.6 is 11.6 Å². The standard InChI is InChI=1S/C24H19ClN4O3/c25-14-7-8-17-18(10-14)28-22(27-17)15-3-1-2-4-16(15)26-19(30)11-29-23(31)20-12-5-6-13(9-12)21(20)24(29)32/h1-8,10,12-13,20-21H,9,11H2,(H,26,30)(H,27,28). The van der Waals surface area contributed by atoms with E-state index in [1.807, 2.05) is 30.4 Å². The first-order chi connectivity index (χ1) is 15.5. The number of nitrogens with one attached hydrogen (secondary N) is 2. The number of imidazole rings is 1. The van der Waals surface area contributed by atoms with Crippen LogP contribution in [0.1, 0.15) is 6.42 Å². The molecule has 0 radical (unpaired) electrons. The third-order valence-corrected chi connectivity index (χ3v) is 7.00. The number of anilines is 1. The smallest absolute Gasteiger partial charge is 0.244 e. The van der Waals surface area contributed by atoms with Gasteiger partial charge in [0.25, 0.3) is 0 Å². The molecule has 32 heavy (non-hydrogen) atoms. The summed E-state index contributed by atoms with van der Waals surface area (Å²) in [6.45, 7) is -0.284. The molecule has 160 valence electrons. The zero-order valence-corrected chi connectivity index (χ0v) is 17.7. The Hall–Kier alpha value is -3.45. The highest BCUT2D eigenvalue weighted by Crippen LogP contribution is 2.52. The molecular formula is C24H19ClN4O3. The summed E-state index contributed by atoms with van der Waals surface area (Å²) in [5, 5.41) is 3.45. The molecule has 1 saturated heterocycles. The van der Waals surface area contributed by atoms with Crippen molar-refractivity contribution in [3.8, 4) is 11.4 Å². The van der Waals surface area contributed by atoms with Crippen molar-refractivity contribution in [2.45, 2.75) is 6.42 Å². The van der Waals surface area contributed by atoms with Gasteiger partial charge in [0.2, 0.25) is 17.7 Å². The molecule has 2 aromatic carbocycles. The lowest BCUT2D eigenvalue weighted by molar-refractivity contribution is -0.143. The summed E-state index contributed by atoms with van der Waals surface area (Å²) >= 11 is 6.07. The first-order valence-electron chi connectivity index (χ1n) is 10.6. The van der Waals surface area contributed by atoms with Gasteiger partial charge in [0, 0.05) is 10.6 Å². The van der Waals surface area contributed by atoms with Gasteiger partial charge in [-0.15, -0.1) is 0 Å². The predicted octanol–water partition coefficient (Wildman–Crippen LogP) is 3.63. The normalized spacial score (nSPS) is 25.7. The molecule has 3 amide bonds. The number of halogens is 1. The van der Waals surface area contributed by atoms with Crippen molar-refractivity contribution < 1.29 is 14.4 Å². The number of hydrogen-bond acceptors (Lipinski definition) is 4. The number of allylic oxidation sites excluding steroid dienone is 2. The molecule has 2 aliphatic carbocycles. The second-order valence-electron chi connectivity index (χ2n) is 8.60. The van der Waals surface area contributed by atoms with Crippen LogP contribution in [0.3, 0.4) is 0 Å². The molecule has 7 nitrogen and oxygen atoms in total. The van der Waals surface area contributed by atoms with Gasteiger partial charge in [-0.3, -0.25) is 19.3 Å². The van der Waals surface area contributed by atoms with Gasteiger partial charge in [0.05, 0.1) is 28.6 Å². The van der Waals surface area contributed by atoms with Crippen LogP contribution in [0.5, 0.6) is 0 Å². The van der Waals surface area contributed by atoms with Crippen molar-refractivity contribution in [2.75, 3.05) is 11.9 Å². The van der Waals surface area contributed by atoms with Gasteiger partial charge in [-0.25, -0.2) is 4.98 Å². The highest BCUT2D eigenvalue weighted by atomic mass is 35.5. The van der Waals surface area contributed by atoms with E-state index in [1.54, 1.807) is 24.3 Å². The van der Waals surface area contributed by atoms with E-state index in [0.717, 1.165) is 22.4 Å². The highest BCUT2D eigenvalue weighted by Gasteiger charge is 2.59. The van der Waals surface area contributed by atoms with Gasteiger partial charge >= 0.3 is 0 Å². The molecule has 3 aromatic rings. The molecule has 0 spiro atoms. The van der Waals surface area contributed by atoms with E-state index in [1.165, 1.54) is 0 Å². The van der Waals surface area contributed by atoms with Crippen molar-refractivity contribution in [1.29, 1.82) is 0 Å². The molecule has 3 aliphatic rings. The van der Waals surface area contributed by atoms with Crippen LogP contribution in [0, 0.1) is 23.7 Å². The number of aromatic nitrogens is 2. The van der Waals surface area contributed by atoms with Crippen LogP contribution in [0.2, 0.25) is 5.02 Å². The van der Waals surface area contributed by atoms with Crippen molar-refractivity contribution in [2.24, 2.45) is 23.7 Å². The summed E-state index contributed by atoms with van der Waals surface area (Å²) in [6, 6.07) is 12.6. The fraction of sp³-hybridized carbons (Fsp3) is 0.250. The minimum Gasteiger partial charge on any atom is -0.338 e. The zero-order chi connectivity index (χ0) is 22.0. The Labute approximate surface area is 188 Å². The molecular weight excluding hydrogens is 428 g/mol. The second kappa shape index (κ2) is 7.03. The molecule has 2 fully saturated rings. The quantitative estimate of drug-likeness (QED) is 0.472. The Morgan fingerprint density at radius 1 is 1.09 bits per heavy atom. The molecule has 1 aromatic heterocycles. The van der Waals surface area contributed by atoms with Crippen LogP contribution in [0.25, 0.3) is 22.4 Å². The molecule has 2 bridgehead atoms. The SMILES string of the molecule is O=C(CN1C(=O)C2C3C=CC(C3)C2C1=O)Nc1ccccc1-c1nc2ccc(Cl)cc2[nH]1. The topological polar surface area (TPSA) is 95.2 Å². The lowest BCUT2D eigenvalue weighted by Crippen LogP contribution is -2.39. The minimum absolute atomic E-state index is 0.122. The maximum Gasteiger partial charge on any atom is 0.244 e. The van der Waals surface area contributed by atoms with E-state index in [9.17, 15) is 14.4 Å². The predicted molar refractivity (Wildman–Crippen MR) is 120 cm³/mol. The summed E-state index contributed by atoms with van der Waals surface area (Å²) in [5.74, 6) is -0.653. The number of benzene rings is 2. The van der Waals surface area contributed by atoms with E-state index in [-0.39, 0.29) is 42.0 Å². The maximum absolute atomic E-state index is 12.9. The number of likely N-dealkylation sites (tertiary alicyclic amines) is 1. The molecule has 4 unspecified atom stereocenters. The van der Waals surface area contributed by atoms with Crippen molar-refractivity contribution in [3.63, 3.8) is 0 Å². The average Bonchev–Trinajstić information content (AvgIpc) is 3.54. The molecule has 2 N–H and O–H groups in total. The van der Waals surface area contributed by atoms with Crippen molar-refractivity contribution in [1.82, 2.24) is 14.9 Å². The number of para-hydroxylation sites is 1. The van der Waals surface area contributed by atoms with Gasteiger partial charge in [0.15, 0.2) is 0 Å². The average molecular weight is 447 g/mol. The summed E-state index contributed by atoms with van der Waals surface area (Å²) in [5.41, 5.74) is 2.79. The number of fused-ring (bicyclic) bond motifs is 6. The number of rotatable bonds is 4. The number of aromatic amines is 1. The van der Waals surface area contributed by atoms with Gasteiger partial charge in [0.1, 0.15) is 12.4 Å². The fourth-order valence-corrected chi connectivity index (χ4v) is 5.53. The fourth-order valence-electron chi connectivity index (χ4n) is 5.36. The number of imide groups is 1. The molecule has 4 atom stereocenters. The maximum atomic E-state index is 12.9. The van der Waals surface area contributed by atoms with E-state index in [0.29, 0.717) is 22.1 Å². The lowest BCUT2D eigenvalue weighted by Gasteiger charge is -2.17. The Balaban J connectivity index is 1.23. The van der Waals surface area contributed by atoms with Crippen LogP contribution in [-0.4, -0.2) is 39.1 Å². The van der Waals surface area contributed by atoms with E-state index < -0.39 is 5.91 Å². The largest absolute Gasteiger partial charge is 0.338 e. The number of amides is 3. The Morgan fingerprint density at radius 2 is 1.81 bits per heavy atom. The van der Waals surface area contributed by atoms with Gasteiger partial charge in [-0.1, -0.05) is 35.9 Å². The van der Waals surface area contributed by atoms with Crippen LogP contribution in [0.4, 0.5) is 5.69 Å². The van der Waals surface area contributed by atoms with Crippen LogP contribution < -0.4 is 5.32 Å². The number of H-pyrrole nitrogens is 1. The minimum atomic E-state index is -0.418. The molecule has 6 rings (SSSR count). The van der Waals surface area contributed by atoms with Gasteiger partial charge in [-0.2, -0.15) is 0 Å². The molecule has 1 saturated carbocycles. The van der Waals surface area contributed by atoms with E-state index >= 15 is 0 Å². The summed E-state index contributed by atoms with van der Waals surface area (Å²) in [6.07, 6.45) is 4.94. The van der Waals surface area contributed by atoms with Crippen molar-refractivity contribution in [3.05, 3.63) is 59.6 Å². The number of carbonyl (C=O) groups is 3. The molecule has 2 heterocycles. The number of carbonyl (C=O) groups excluding carboxylic acids is 3. The van der Waals surface area contributed by atoms with E-state index in [2.05, 4.69) is 15.3 Å². The van der Waals surface area contributed by atoms with Crippen LogP contribution in [0.15, 0.2) is 54.6 Å². The number of nitrogens with zero attached hydrogens (tertiary/aromatic N) is 2. The first kappa shape index (κ1) is 19.3. The summed E-state index contributed by atoms with van der Waals surface area (Å²) < 4.78 is 0. The van der Waals surface area contributed by atoms with E-state index in [4.69, 9.17) is 11.6 Å². The summed E-state index contributed by atoms with van der Waals surface area (Å²) in [4.78, 5) is 47.5. The number of hydrogen-bond donors (Lipinski definition) is 2. The lowest BCUT2D eigenvalue weighted by atomic mass is 9.85. The van der Waals surface area contributed by atoms with Gasteiger partial charge in [-0.05, 0) is 48.6 Å². The summed E-state index contributed by atoms with van der Waals surface area (Å²) in [7, 11) is 0. The van der Waals surface area contributed by atoms with Gasteiger partial charge < -0.3 is 10.3 Å². The van der Waals surface area contributed by atoms with Crippen LogP contribution in [-0.2, 0) is 14.4 Å². The Bertz CT molecular complexity index is 1300. The van der Waals surface area contributed by atoms with Crippen molar-refractivity contribution >= 4 is 46.0 Å². The third-order valence-electron chi connectivity index (χ3n) is 6.76. The highest BCUT2D eigenvalue weighted by molar-refractivity contribution is 6.31. The molecule has 1 aliphatic heterocycles. The monoisotopic (exact) mass is 446 g/mol.